The molecule has 2 aromatic rings. The molecule has 0 amide bonds. The number of benzene rings is 2. The average molecular weight is 222 g/mol. The second kappa shape index (κ2) is 5.23. The lowest BCUT2D eigenvalue weighted by Gasteiger charge is -2.06. The van der Waals surface area contributed by atoms with Crippen molar-refractivity contribution < 1.29 is 4.74 Å². The molecule has 0 aromatic heterocycles. The van der Waals surface area contributed by atoms with Crippen LogP contribution in [0.25, 0.3) is 0 Å². The van der Waals surface area contributed by atoms with Crippen LogP contribution in [-0.4, -0.2) is 0 Å². The third-order valence-electron chi connectivity index (χ3n) is 2.46. The zero-order valence-corrected chi connectivity index (χ0v) is 9.81. The molecular weight excluding hydrogens is 208 g/mol. The summed E-state index contributed by atoms with van der Waals surface area (Å²) in [4.78, 5) is 0. The molecule has 0 spiro atoms. The van der Waals surface area contributed by atoms with E-state index in [2.05, 4.69) is 12.8 Å². The van der Waals surface area contributed by atoms with E-state index in [1.807, 2.05) is 48.5 Å². The van der Waals surface area contributed by atoms with E-state index in [-0.39, 0.29) is 0 Å². The second-order valence-corrected chi connectivity index (χ2v) is 3.94. The van der Waals surface area contributed by atoms with Crippen LogP contribution in [0.2, 0.25) is 0 Å². The molecular formula is C16H14O. The van der Waals surface area contributed by atoms with Crippen LogP contribution in [0.1, 0.15) is 11.1 Å². The van der Waals surface area contributed by atoms with Crippen LogP contribution < -0.4 is 4.74 Å². The van der Waals surface area contributed by atoms with Crippen LogP contribution in [0.4, 0.5) is 0 Å². The first kappa shape index (κ1) is 11.3. The van der Waals surface area contributed by atoms with Crippen molar-refractivity contribution in [3.05, 3.63) is 59.7 Å². The lowest BCUT2D eigenvalue weighted by molar-refractivity contribution is 0.482. The van der Waals surface area contributed by atoms with Crippen LogP contribution in [0.15, 0.2) is 48.5 Å². The summed E-state index contributed by atoms with van der Waals surface area (Å²) in [5.41, 5.74) is 2.32. The van der Waals surface area contributed by atoms with Crippen molar-refractivity contribution in [1.82, 2.24) is 0 Å². The Kier molecular flexibility index (Phi) is 3.47. The summed E-state index contributed by atoms with van der Waals surface area (Å²) >= 11 is 0. The van der Waals surface area contributed by atoms with E-state index in [0.29, 0.717) is 6.42 Å². The van der Waals surface area contributed by atoms with Gasteiger partial charge in [0.05, 0.1) is 0 Å². The summed E-state index contributed by atoms with van der Waals surface area (Å²) in [6, 6.07) is 15.8. The molecule has 0 unspecified atom stereocenters. The molecule has 0 saturated heterocycles. The predicted octanol–water partition coefficient (Wildman–Crippen LogP) is 3.96. The lowest BCUT2D eigenvalue weighted by atomic mass is 10.1. The van der Waals surface area contributed by atoms with E-state index in [1.165, 1.54) is 5.56 Å². The highest BCUT2D eigenvalue weighted by atomic mass is 16.5. The maximum absolute atomic E-state index is 5.75. The van der Waals surface area contributed by atoms with Crippen LogP contribution in [0, 0.1) is 19.3 Å². The largest absolute Gasteiger partial charge is 0.457 e. The molecule has 84 valence electrons. The van der Waals surface area contributed by atoms with Crippen molar-refractivity contribution in [3.8, 4) is 23.8 Å². The Hall–Kier alpha value is -2.20. The summed E-state index contributed by atoms with van der Waals surface area (Å²) in [6.45, 7) is 2.05. The molecule has 0 aliphatic carbocycles. The Balaban J connectivity index is 2.16. The van der Waals surface area contributed by atoms with Crippen LogP contribution in [-0.2, 0) is 6.42 Å². The number of terminal acetylenes is 1. The second-order valence-electron chi connectivity index (χ2n) is 3.94. The molecule has 0 atom stereocenters. The predicted molar refractivity (Wildman–Crippen MR) is 70.2 cm³/mol. The Bertz CT molecular complexity index is 532. The zero-order chi connectivity index (χ0) is 12.1. The summed E-state index contributed by atoms with van der Waals surface area (Å²) in [5.74, 6) is 4.29. The molecule has 0 aliphatic rings. The standard InChI is InChI=1S/C16H14O/c1-3-5-14-6-4-7-16(12-14)17-15-10-8-13(2)9-11-15/h1,4,6-12H,5H2,2H3. The number of hydrogen-bond acceptors (Lipinski definition) is 1. The maximum Gasteiger partial charge on any atom is 0.127 e. The quantitative estimate of drug-likeness (QED) is 0.714. The van der Waals surface area contributed by atoms with Gasteiger partial charge in [-0.3, -0.25) is 0 Å². The minimum atomic E-state index is 0.630. The first-order valence-corrected chi connectivity index (χ1v) is 5.55. The lowest BCUT2D eigenvalue weighted by Crippen LogP contribution is -1.86. The fourth-order valence-electron chi connectivity index (χ4n) is 1.58. The first-order valence-electron chi connectivity index (χ1n) is 5.55. The van der Waals surface area contributed by atoms with Crippen molar-refractivity contribution in [2.45, 2.75) is 13.3 Å². The Morgan fingerprint density at radius 2 is 1.82 bits per heavy atom. The Morgan fingerprint density at radius 1 is 1.06 bits per heavy atom. The van der Waals surface area contributed by atoms with Gasteiger partial charge < -0.3 is 4.74 Å². The topological polar surface area (TPSA) is 9.23 Å². The highest BCUT2D eigenvalue weighted by Gasteiger charge is 1.98. The van der Waals surface area contributed by atoms with E-state index in [9.17, 15) is 0 Å². The number of rotatable bonds is 3. The Morgan fingerprint density at radius 3 is 2.53 bits per heavy atom. The van der Waals surface area contributed by atoms with Crippen LogP contribution in [0.3, 0.4) is 0 Å². The highest BCUT2D eigenvalue weighted by molar-refractivity contribution is 5.35. The van der Waals surface area contributed by atoms with Gasteiger partial charge in [0.2, 0.25) is 0 Å². The van der Waals surface area contributed by atoms with E-state index in [0.717, 1.165) is 17.1 Å². The molecule has 0 bridgehead atoms. The van der Waals surface area contributed by atoms with Crippen molar-refractivity contribution in [2.75, 3.05) is 0 Å². The fraction of sp³-hybridized carbons (Fsp3) is 0.125. The maximum atomic E-state index is 5.75. The third-order valence-corrected chi connectivity index (χ3v) is 2.46. The third kappa shape index (κ3) is 3.12. The molecule has 1 heteroatoms. The van der Waals surface area contributed by atoms with Crippen LogP contribution >= 0.6 is 0 Å². The van der Waals surface area contributed by atoms with Crippen molar-refractivity contribution >= 4 is 0 Å². The van der Waals surface area contributed by atoms with Gasteiger partial charge in [-0.15, -0.1) is 12.3 Å². The first-order chi connectivity index (χ1) is 8.28. The van der Waals surface area contributed by atoms with E-state index < -0.39 is 0 Å². The zero-order valence-electron chi connectivity index (χ0n) is 9.81. The molecule has 0 radical (unpaired) electrons. The highest BCUT2D eigenvalue weighted by Crippen LogP contribution is 2.22. The smallest absolute Gasteiger partial charge is 0.127 e. The van der Waals surface area contributed by atoms with Gasteiger partial charge in [-0.1, -0.05) is 29.8 Å². The van der Waals surface area contributed by atoms with E-state index >= 15 is 0 Å². The van der Waals surface area contributed by atoms with Crippen molar-refractivity contribution in [3.63, 3.8) is 0 Å². The monoisotopic (exact) mass is 222 g/mol. The van der Waals surface area contributed by atoms with Gasteiger partial charge in [-0.25, -0.2) is 0 Å². The fourth-order valence-corrected chi connectivity index (χ4v) is 1.58. The van der Waals surface area contributed by atoms with Gasteiger partial charge in [-0.05, 0) is 36.8 Å². The number of hydrogen-bond donors (Lipinski definition) is 0. The van der Waals surface area contributed by atoms with Crippen LogP contribution in [0.5, 0.6) is 11.5 Å². The molecule has 1 nitrogen and oxygen atoms in total. The van der Waals surface area contributed by atoms with Gasteiger partial charge in [0, 0.05) is 6.42 Å². The van der Waals surface area contributed by atoms with Crippen molar-refractivity contribution in [1.29, 1.82) is 0 Å². The van der Waals surface area contributed by atoms with E-state index in [1.54, 1.807) is 0 Å². The molecule has 0 N–H and O–H groups in total. The molecule has 2 aromatic carbocycles. The molecule has 0 saturated carbocycles. The SMILES string of the molecule is C#CCc1cccc(Oc2ccc(C)cc2)c1. The summed E-state index contributed by atoms with van der Waals surface area (Å²) in [5, 5.41) is 0. The minimum absolute atomic E-state index is 0.630. The van der Waals surface area contributed by atoms with Gasteiger partial charge in [0.25, 0.3) is 0 Å². The Labute approximate surface area is 102 Å². The van der Waals surface area contributed by atoms with Gasteiger partial charge in [-0.2, -0.15) is 0 Å². The summed E-state index contributed by atoms with van der Waals surface area (Å²) < 4.78 is 5.75. The summed E-state index contributed by atoms with van der Waals surface area (Å²) in [6.07, 6.45) is 5.92. The summed E-state index contributed by atoms with van der Waals surface area (Å²) in [7, 11) is 0. The molecule has 17 heavy (non-hydrogen) atoms. The molecule has 0 aliphatic heterocycles. The minimum Gasteiger partial charge on any atom is -0.457 e. The van der Waals surface area contributed by atoms with Gasteiger partial charge >= 0.3 is 0 Å². The van der Waals surface area contributed by atoms with Gasteiger partial charge in [0.1, 0.15) is 11.5 Å². The van der Waals surface area contributed by atoms with Crippen molar-refractivity contribution in [2.24, 2.45) is 0 Å². The number of ether oxygens (including phenoxy) is 1. The number of aryl methyl sites for hydroxylation is 1. The molecule has 0 fully saturated rings. The molecule has 0 heterocycles. The van der Waals surface area contributed by atoms with E-state index in [4.69, 9.17) is 11.2 Å². The molecule has 2 rings (SSSR count). The average Bonchev–Trinajstić information content (AvgIpc) is 2.33. The normalized spacial score (nSPS) is 9.65. The van der Waals surface area contributed by atoms with Gasteiger partial charge in [0.15, 0.2) is 0 Å².